The van der Waals surface area contributed by atoms with E-state index in [-0.39, 0.29) is 11.6 Å². The molecular formula is C23H27N5O. The van der Waals surface area contributed by atoms with E-state index in [0.29, 0.717) is 11.5 Å². The molecule has 1 heterocycles. The molecule has 0 aliphatic heterocycles. The lowest BCUT2D eigenvalue weighted by molar-refractivity contribution is 0.102. The molecule has 150 valence electrons. The molecule has 0 spiro atoms. The van der Waals surface area contributed by atoms with Crippen LogP contribution in [0.3, 0.4) is 0 Å². The lowest BCUT2D eigenvalue weighted by Gasteiger charge is -2.15. The van der Waals surface area contributed by atoms with E-state index in [4.69, 9.17) is 0 Å². The summed E-state index contributed by atoms with van der Waals surface area (Å²) in [4.78, 5) is 23.1. The molecule has 6 heteroatoms. The molecular weight excluding hydrogens is 362 g/mol. The third kappa shape index (κ3) is 4.90. The lowest BCUT2D eigenvalue weighted by Crippen LogP contribution is -2.14. The number of para-hydroxylation sites is 1. The monoisotopic (exact) mass is 389 g/mol. The molecule has 0 aliphatic carbocycles. The highest BCUT2D eigenvalue weighted by Crippen LogP contribution is 2.25. The first kappa shape index (κ1) is 20.3. The van der Waals surface area contributed by atoms with Gasteiger partial charge in [0.25, 0.3) is 5.91 Å². The van der Waals surface area contributed by atoms with Gasteiger partial charge in [-0.15, -0.1) is 0 Å². The van der Waals surface area contributed by atoms with E-state index in [1.807, 2.05) is 43.3 Å². The van der Waals surface area contributed by atoms with Crippen LogP contribution < -0.4 is 15.5 Å². The van der Waals surface area contributed by atoms with Crippen molar-refractivity contribution in [2.24, 2.45) is 0 Å². The molecule has 0 saturated carbocycles. The maximum atomic E-state index is 12.5. The number of hydrogen-bond acceptors (Lipinski definition) is 5. The SMILES string of the molecule is CCc1cccc(CC)c1Nc1cnc(C(=O)Nc2ccc(N(C)C)cc2)cn1. The first-order valence-electron chi connectivity index (χ1n) is 9.80. The third-order valence-corrected chi connectivity index (χ3v) is 4.78. The number of hydrogen-bond donors (Lipinski definition) is 2. The largest absolute Gasteiger partial charge is 0.378 e. The third-order valence-electron chi connectivity index (χ3n) is 4.78. The van der Waals surface area contributed by atoms with Crippen LogP contribution >= 0.6 is 0 Å². The summed E-state index contributed by atoms with van der Waals surface area (Å²) in [6.07, 6.45) is 4.94. The molecule has 0 aliphatic rings. The van der Waals surface area contributed by atoms with Crippen molar-refractivity contribution in [2.75, 3.05) is 29.6 Å². The molecule has 29 heavy (non-hydrogen) atoms. The van der Waals surface area contributed by atoms with Gasteiger partial charge in [-0.25, -0.2) is 9.97 Å². The lowest BCUT2D eigenvalue weighted by atomic mass is 10.0. The van der Waals surface area contributed by atoms with Crippen molar-refractivity contribution >= 4 is 28.8 Å². The highest BCUT2D eigenvalue weighted by molar-refractivity contribution is 6.02. The molecule has 2 aromatic carbocycles. The van der Waals surface area contributed by atoms with E-state index in [1.165, 1.54) is 17.3 Å². The maximum absolute atomic E-state index is 12.5. The molecule has 2 N–H and O–H groups in total. The molecule has 0 fully saturated rings. The van der Waals surface area contributed by atoms with Crippen molar-refractivity contribution in [1.82, 2.24) is 9.97 Å². The zero-order chi connectivity index (χ0) is 20.8. The molecule has 0 bridgehead atoms. The van der Waals surface area contributed by atoms with Crippen LogP contribution in [-0.2, 0) is 12.8 Å². The Labute approximate surface area is 172 Å². The van der Waals surface area contributed by atoms with Gasteiger partial charge in [-0.1, -0.05) is 32.0 Å². The van der Waals surface area contributed by atoms with Crippen molar-refractivity contribution in [1.29, 1.82) is 0 Å². The number of carbonyl (C=O) groups is 1. The fourth-order valence-corrected chi connectivity index (χ4v) is 3.08. The van der Waals surface area contributed by atoms with Crippen LogP contribution in [0.15, 0.2) is 54.9 Å². The number of benzene rings is 2. The van der Waals surface area contributed by atoms with Gasteiger partial charge in [0.1, 0.15) is 11.5 Å². The van der Waals surface area contributed by atoms with E-state index in [2.05, 4.69) is 52.6 Å². The second-order valence-corrected chi connectivity index (χ2v) is 6.97. The Kier molecular flexibility index (Phi) is 6.44. The molecule has 0 atom stereocenters. The molecule has 0 radical (unpaired) electrons. The van der Waals surface area contributed by atoms with Gasteiger partial charge >= 0.3 is 0 Å². The van der Waals surface area contributed by atoms with Gasteiger partial charge in [-0.2, -0.15) is 0 Å². The van der Waals surface area contributed by atoms with Crippen LogP contribution in [0.2, 0.25) is 0 Å². The quantitative estimate of drug-likeness (QED) is 0.615. The van der Waals surface area contributed by atoms with E-state index in [9.17, 15) is 4.79 Å². The van der Waals surface area contributed by atoms with Crippen molar-refractivity contribution < 1.29 is 4.79 Å². The number of amides is 1. The summed E-state index contributed by atoms with van der Waals surface area (Å²) in [7, 11) is 3.95. The molecule has 0 saturated heterocycles. The number of aromatic nitrogens is 2. The van der Waals surface area contributed by atoms with Gasteiger partial charge in [-0.3, -0.25) is 4.79 Å². The Balaban J connectivity index is 1.71. The number of nitrogens with zero attached hydrogens (tertiary/aromatic N) is 3. The fourth-order valence-electron chi connectivity index (χ4n) is 3.08. The molecule has 0 unspecified atom stereocenters. The Bertz CT molecular complexity index is 943. The van der Waals surface area contributed by atoms with Crippen molar-refractivity contribution in [3.05, 3.63) is 71.7 Å². The smallest absolute Gasteiger partial charge is 0.275 e. The second-order valence-electron chi connectivity index (χ2n) is 6.97. The summed E-state index contributed by atoms with van der Waals surface area (Å²) in [6, 6.07) is 13.9. The zero-order valence-corrected chi connectivity index (χ0v) is 17.4. The zero-order valence-electron chi connectivity index (χ0n) is 17.4. The predicted molar refractivity (Wildman–Crippen MR) is 119 cm³/mol. The molecule has 1 amide bonds. The molecule has 3 rings (SSSR count). The standard InChI is InChI=1S/C23H27N5O/c1-5-16-8-7-9-17(6-2)22(16)27-21-15-24-20(14-25-21)23(29)26-18-10-12-19(13-11-18)28(3)4/h7-15H,5-6H2,1-4H3,(H,25,27)(H,26,29). The first-order valence-corrected chi connectivity index (χ1v) is 9.80. The van der Waals surface area contributed by atoms with Crippen molar-refractivity contribution in [3.8, 4) is 0 Å². The van der Waals surface area contributed by atoms with Gasteiger partial charge in [0.15, 0.2) is 0 Å². The summed E-state index contributed by atoms with van der Waals surface area (Å²) in [5.74, 6) is 0.331. The topological polar surface area (TPSA) is 70.2 Å². The summed E-state index contributed by atoms with van der Waals surface area (Å²) in [5, 5.41) is 6.22. The van der Waals surface area contributed by atoms with Crippen LogP contribution in [-0.4, -0.2) is 30.0 Å². The normalized spacial score (nSPS) is 10.5. The highest BCUT2D eigenvalue weighted by atomic mass is 16.1. The Morgan fingerprint density at radius 1 is 0.931 bits per heavy atom. The minimum atomic E-state index is -0.287. The van der Waals surface area contributed by atoms with Gasteiger partial charge in [0.2, 0.25) is 0 Å². The minimum Gasteiger partial charge on any atom is -0.378 e. The van der Waals surface area contributed by atoms with Gasteiger partial charge in [0, 0.05) is 31.2 Å². The van der Waals surface area contributed by atoms with E-state index >= 15 is 0 Å². The van der Waals surface area contributed by atoms with Crippen molar-refractivity contribution in [2.45, 2.75) is 26.7 Å². The van der Waals surface area contributed by atoms with Crippen LogP contribution in [0, 0.1) is 0 Å². The highest BCUT2D eigenvalue weighted by Gasteiger charge is 2.11. The van der Waals surface area contributed by atoms with Gasteiger partial charge in [0.05, 0.1) is 12.4 Å². The van der Waals surface area contributed by atoms with Crippen LogP contribution in [0.25, 0.3) is 0 Å². The Morgan fingerprint density at radius 3 is 2.10 bits per heavy atom. The summed E-state index contributed by atoms with van der Waals surface area (Å²) in [5.41, 5.74) is 5.59. The Morgan fingerprint density at radius 2 is 1.59 bits per heavy atom. The van der Waals surface area contributed by atoms with Crippen LogP contribution in [0.5, 0.6) is 0 Å². The van der Waals surface area contributed by atoms with E-state index < -0.39 is 0 Å². The second kappa shape index (κ2) is 9.19. The van der Waals surface area contributed by atoms with Crippen LogP contribution in [0.4, 0.5) is 22.9 Å². The average molecular weight is 390 g/mol. The van der Waals surface area contributed by atoms with E-state index in [0.717, 1.165) is 24.2 Å². The summed E-state index contributed by atoms with van der Waals surface area (Å²) >= 11 is 0. The maximum Gasteiger partial charge on any atom is 0.275 e. The number of carbonyl (C=O) groups excluding carboxylic acids is 1. The summed E-state index contributed by atoms with van der Waals surface area (Å²) in [6.45, 7) is 4.26. The Hall–Kier alpha value is -3.41. The number of aryl methyl sites for hydroxylation is 2. The number of anilines is 4. The van der Waals surface area contributed by atoms with Crippen molar-refractivity contribution in [3.63, 3.8) is 0 Å². The van der Waals surface area contributed by atoms with E-state index in [1.54, 1.807) is 6.20 Å². The van der Waals surface area contributed by atoms with Gasteiger partial charge in [-0.05, 0) is 48.2 Å². The number of nitrogens with one attached hydrogen (secondary N) is 2. The molecule has 6 nitrogen and oxygen atoms in total. The first-order chi connectivity index (χ1) is 14.0. The van der Waals surface area contributed by atoms with Gasteiger partial charge < -0.3 is 15.5 Å². The summed E-state index contributed by atoms with van der Waals surface area (Å²) < 4.78 is 0. The minimum absolute atomic E-state index is 0.270. The number of rotatable bonds is 7. The average Bonchev–Trinajstić information content (AvgIpc) is 2.74. The molecule has 1 aromatic heterocycles. The van der Waals surface area contributed by atoms with Crippen LogP contribution in [0.1, 0.15) is 35.5 Å². The fraction of sp³-hybridized carbons (Fsp3) is 0.261. The molecule has 3 aromatic rings. The predicted octanol–water partition coefficient (Wildman–Crippen LogP) is 4.66.